The molecule has 0 fully saturated rings. The summed E-state index contributed by atoms with van der Waals surface area (Å²) < 4.78 is 1.48. The molecule has 0 aromatic rings. The van der Waals surface area contributed by atoms with E-state index in [4.69, 9.17) is 0 Å². The van der Waals surface area contributed by atoms with Gasteiger partial charge in [0, 0.05) is 0 Å². The van der Waals surface area contributed by atoms with Crippen LogP contribution in [0.3, 0.4) is 0 Å². The van der Waals surface area contributed by atoms with E-state index < -0.39 is 0 Å². The molecule has 0 radical (unpaired) electrons. The van der Waals surface area contributed by atoms with Gasteiger partial charge in [-0.1, -0.05) is 22.0 Å². The molecule has 0 aromatic heterocycles. The summed E-state index contributed by atoms with van der Waals surface area (Å²) in [6, 6.07) is 0. The molecule has 0 nitrogen and oxygen atoms in total. The lowest BCUT2D eigenvalue weighted by atomic mass is 9.86. The van der Waals surface area contributed by atoms with Crippen molar-refractivity contribution >= 4 is 15.9 Å². The maximum atomic E-state index is 3.67. The molecule has 0 aromatic carbocycles. The third kappa shape index (κ3) is 1.44. The van der Waals surface area contributed by atoms with E-state index in [1.165, 1.54) is 43.0 Å². The Morgan fingerprint density at radius 2 is 2.00 bits per heavy atom. The summed E-state index contributed by atoms with van der Waals surface area (Å²) in [6.45, 7) is 0. The maximum Gasteiger partial charge on any atom is -0.00146 e. The van der Waals surface area contributed by atoms with Gasteiger partial charge < -0.3 is 0 Å². The minimum atomic E-state index is 1.27. The fourth-order valence-electron chi connectivity index (χ4n) is 1.99. The van der Waals surface area contributed by atoms with Gasteiger partial charge in [0.05, 0.1) is 0 Å². The molecule has 0 heterocycles. The zero-order valence-corrected chi connectivity index (χ0v) is 8.28. The standard InChI is InChI=1S/C10H13Br/c11-10-7-3-5-8-4-1-2-6-9(8)10/h4H,1-3,5-7H2. The third-order valence-electron chi connectivity index (χ3n) is 2.58. The Hall–Kier alpha value is -0.0400. The first-order chi connectivity index (χ1) is 5.38. The van der Waals surface area contributed by atoms with E-state index in [-0.39, 0.29) is 0 Å². The molecule has 0 atom stereocenters. The Bertz CT molecular complexity index is 223. The molecule has 0 aliphatic heterocycles. The van der Waals surface area contributed by atoms with E-state index in [9.17, 15) is 0 Å². The van der Waals surface area contributed by atoms with Crippen LogP contribution in [0.15, 0.2) is 21.7 Å². The lowest BCUT2D eigenvalue weighted by molar-refractivity contribution is 0.711. The molecule has 11 heavy (non-hydrogen) atoms. The van der Waals surface area contributed by atoms with Gasteiger partial charge in [-0.2, -0.15) is 0 Å². The van der Waals surface area contributed by atoms with Gasteiger partial charge in [0.1, 0.15) is 0 Å². The van der Waals surface area contributed by atoms with Crippen molar-refractivity contribution in [3.8, 4) is 0 Å². The average Bonchev–Trinajstić information content (AvgIpc) is 2.06. The molecule has 0 saturated carbocycles. The largest absolute Gasteiger partial charge is 0.0810 e. The first-order valence-electron chi connectivity index (χ1n) is 4.45. The predicted molar refractivity (Wildman–Crippen MR) is 51.7 cm³/mol. The van der Waals surface area contributed by atoms with E-state index in [1.54, 1.807) is 11.1 Å². The SMILES string of the molecule is BrC1=C2CCCC=C2CCC1. The van der Waals surface area contributed by atoms with Crippen LogP contribution < -0.4 is 0 Å². The summed E-state index contributed by atoms with van der Waals surface area (Å²) in [4.78, 5) is 0. The summed E-state index contributed by atoms with van der Waals surface area (Å²) in [5.41, 5.74) is 3.26. The Morgan fingerprint density at radius 3 is 2.82 bits per heavy atom. The molecule has 1 heteroatoms. The van der Waals surface area contributed by atoms with Crippen molar-refractivity contribution in [2.24, 2.45) is 0 Å². The van der Waals surface area contributed by atoms with Crippen LogP contribution in [0.4, 0.5) is 0 Å². The van der Waals surface area contributed by atoms with E-state index >= 15 is 0 Å². The molecule has 0 saturated heterocycles. The van der Waals surface area contributed by atoms with Gasteiger partial charge in [0.25, 0.3) is 0 Å². The molecule has 2 rings (SSSR count). The van der Waals surface area contributed by atoms with Gasteiger partial charge in [-0.3, -0.25) is 0 Å². The number of hydrogen-bond donors (Lipinski definition) is 0. The van der Waals surface area contributed by atoms with E-state index in [0.717, 1.165) is 0 Å². The van der Waals surface area contributed by atoms with Gasteiger partial charge in [0.15, 0.2) is 0 Å². The summed E-state index contributed by atoms with van der Waals surface area (Å²) in [6.07, 6.45) is 10.3. The zero-order valence-electron chi connectivity index (χ0n) is 6.70. The van der Waals surface area contributed by atoms with Gasteiger partial charge >= 0.3 is 0 Å². The molecular formula is C10H13Br. The highest BCUT2D eigenvalue weighted by atomic mass is 79.9. The molecule has 0 unspecified atom stereocenters. The van der Waals surface area contributed by atoms with Crippen molar-refractivity contribution in [2.45, 2.75) is 38.5 Å². The summed E-state index contributed by atoms with van der Waals surface area (Å²) in [5, 5.41) is 0. The van der Waals surface area contributed by atoms with Crippen LogP contribution in [0.5, 0.6) is 0 Å². The van der Waals surface area contributed by atoms with Crippen molar-refractivity contribution < 1.29 is 0 Å². The van der Waals surface area contributed by atoms with Crippen LogP contribution in [-0.4, -0.2) is 0 Å². The minimum Gasteiger partial charge on any atom is -0.0810 e. The van der Waals surface area contributed by atoms with E-state index in [0.29, 0.717) is 0 Å². The Balaban J connectivity index is 2.35. The topological polar surface area (TPSA) is 0 Å². The molecule has 2 aliphatic carbocycles. The van der Waals surface area contributed by atoms with Gasteiger partial charge in [-0.25, -0.2) is 0 Å². The van der Waals surface area contributed by atoms with Crippen LogP contribution in [0, 0.1) is 0 Å². The summed E-state index contributed by atoms with van der Waals surface area (Å²) >= 11 is 3.67. The van der Waals surface area contributed by atoms with Crippen LogP contribution in [0.25, 0.3) is 0 Å². The molecule has 2 aliphatic rings. The highest BCUT2D eigenvalue weighted by Crippen LogP contribution is 2.38. The molecular weight excluding hydrogens is 200 g/mol. The monoisotopic (exact) mass is 212 g/mol. The van der Waals surface area contributed by atoms with E-state index in [2.05, 4.69) is 22.0 Å². The minimum absolute atomic E-state index is 1.27. The first kappa shape index (κ1) is 7.60. The number of allylic oxidation sites excluding steroid dienone is 4. The second-order valence-electron chi connectivity index (χ2n) is 3.36. The fraction of sp³-hybridized carbons (Fsp3) is 0.600. The molecule has 60 valence electrons. The lowest BCUT2D eigenvalue weighted by Crippen LogP contribution is -2.03. The van der Waals surface area contributed by atoms with Crippen LogP contribution in [0.1, 0.15) is 38.5 Å². The number of halogens is 1. The molecule has 0 amide bonds. The normalized spacial score (nSPS) is 24.6. The van der Waals surface area contributed by atoms with Crippen molar-refractivity contribution in [1.82, 2.24) is 0 Å². The number of rotatable bonds is 0. The Labute approximate surface area is 76.5 Å². The quantitative estimate of drug-likeness (QED) is 0.571. The van der Waals surface area contributed by atoms with Crippen LogP contribution in [-0.2, 0) is 0 Å². The lowest BCUT2D eigenvalue weighted by Gasteiger charge is -2.23. The van der Waals surface area contributed by atoms with Crippen LogP contribution >= 0.6 is 15.9 Å². The second kappa shape index (κ2) is 3.14. The van der Waals surface area contributed by atoms with Gasteiger partial charge in [0.2, 0.25) is 0 Å². The Kier molecular flexibility index (Phi) is 2.17. The summed E-state index contributed by atoms with van der Waals surface area (Å²) in [7, 11) is 0. The highest BCUT2D eigenvalue weighted by molar-refractivity contribution is 9.11. The van der Waals surface area contributed by atoms with Crippen molar-refractivity contribution in [3.05, 3.63) is 21.7 Å². The molecule has 0 spiro atoms. The van der Waals surface area contributed by atoms with E-state index in [1.807, 2.05) is 0 Å². The van der Waals surface area contributed by atoms with Gasteiger partial charge in [-0.15, -0.1) is 0 Å². The van der Waals surface area contributed by atoms with Crippen molar-refractivity contribution in [3.63, 3.8) is 0 Å². The third-order valence-corrected chi connectivity index (χ3v) is 3.45. The summed E-state index contributed by atoms with van der Waals surface area (Å²) in [5.74, 6) is 0. The Morgan fingerprint density at radius 1 is 1.09 bits per heavy atom. The maximum absolute atomic E-state index is 3.67. The zero-order chi connectivity index (χ0) is 7.68. The first-order valence-corrected chi connectivity index (χ1v) is 5.24. The smallest absolute Gasteiger partial charge is 0.00146 e. The molecule has 0 N–H and O–H groups in total. The fourth-order valence-corrected chi connectivity index (χ4v) is 2.72. The number of fused-ring (bicyclic) bond motifs is 1. The van der Waals surface area contributed by atoms with Crippen molar-refractivity contribution in [1.29, 1.82) is 0 Å². The van der Waals surface area contributed by atoms with Crippen LogP contribution in [0.2, 0.25) is 0 Å². The number of hydrogen-bond acceptors (Lipinski definition) is 0. The van der Waals surface area contributed by atoms with Gasteiger partial charge in [-0.05, 0) is 54.2 Å². The van der Waals surface area contributed by atoms with Crippen molar-refractivity contribution in [2.75, 3.05) is 0 Å². The average molecular weight is 213 g/mol. The highest BCUT2D eigenvalue weighted by Gasteiger charge is 2.17. The molecule has 0 bridgehead atoms. The predicted octanol–water partition coefficient (Wildman–Crippen LogP) is 3.93. The second-order valence-corrected chi connectivity index (χ2v) is 4.32.